The second kappa shape index (κ2) is 12.9. The largest absolute Gasteiger partial charge is 0.461 e. The van der Waals surface area contributed by atoms with Crippen LogP contribution in [0.15, 0.2) is 35.1 Å². The van der Waals surface area contributed by atoms with Crippen LogP contribution in [0.1, 0.15) is 25.7 Å². The third-order valence-electron chi connectivity index (χ3n) is 4.15. The van der Waals surface area contributed by atoms with Gasteiger partial charge in [-0.05, 0) is 12.8 Å². The Balaban J connectivity index is 1.94. The quantitative estimate of drug-likeness (QED) is 0.167. The Kier molecular flexibility index (Phi) is 10.6. The minimum atomic E-state index is -0.385. The highest BCUT2D eigenvalue weighted by atomic mass is 32.2. The van der Waals surface area contributed by atoms with Gasteiger partial charge in [0, 0.05) is 25.9 Å². The molecule has 2 rings (SSSR count). The number of thiocarbonyl (C=S) groups is 2. The lowest BCUT2D eigenvalue weighted by atomic mass is 10.3. The van der Waals surface area contributed by atoms with Gasteiger partial charge >= 0.3 is 11.9 Å². The van der Waals surface area contributed by atoms with Gasteiger partial charge in [0.15, 0.2) is 0 Å². The highest BCUT2D eigenvalue weighted by Crippen LogP contribution is 2.42. The monoisotopic (exact) mass is 514 g/mol. The molecule has 0 N–H and O–H groups in total. The molecule has 2 amide bonds. The molecule has 2 saturated heterocycles. The van der Waals surface area contributed by atoms with Crippen LogP contribution in [0.2, 0.25) is 0 Å². The zero-order chi connectivity index (χ0) is 23.7. The van der Waals surface area contributed by atoms with E-state index < -0.39 is 0 Å². The van der Waals surface area contributed by atoms with Crippen molar-refractivity contribution in [3.63, 3.8) is 0 Å². The van der Waals surface area contributed by atoms with Crippen LogP contribution in [-0.4, -0.2) is 68.5 Å². The standard InChI is InChI=1S/C20H22N2O6S4/c1-3-11-27-13(23)7-5-9-21-17(25)15(31-19(21)29)16-18(26)22(20(30)32-16)10-6-8-14(24)28-12-4-2/h3-4H,1-2,5-12H2/b16-15+. The number of hydrogen-bond acceptors (Lipinski definition) is 10. The van der Waals surface area contributed by atoms with Crippen LogP contribution in [0.5, 0.6) is 0 Å². The molecule has 0 aromatic heterocycles. The number of esters is 2. The first-order valence-corrected chi connectivity index (χ1v) is 12.1. The van der Waals surface area contributed by atoms with E-state index in [0.717, 1.165) is 23.5 Å². The molecular weight excluding hydrogens is 492 g/mol. The summed E-state index contributed by atoms with van der Waals surface area (Å²) in [5.74, 6) is -1.53. The van der Waals surface area contributed by atoms with Gasteiger partial charge in [-0.2, -0.15) is 0 Å². The summed E-state index contributed by atoms with van der Waals surface area (Å²) in [6.45, 7) is 7.70. The molecule has 2 fully saturated rings. The molecule has 0 saturated carbocycles. The second-order valence-electron chi connectivity index (χ2n) is 6.46. The summed E-state index contributed by atoms with van der Waals surface area (Å²) in [6, 6.07) is 0. The summed E-state index contributed by atoms with van der Waals surface area (Å²) in [5, 5.41) is 0. The van der Waals surface area contributed by atoms with Crippen LogP contribution in [0.3, 0.4) is 0 Å². The predicted molar refractivity (Wildman–Crippen MR) is 132 cm³/mol. The molecule has 0 spiro atoms. The summed E-state index contributed by atoms with van der Waals surface area (Å²) in [7, 11) is 0. The third-order valence-corrected chi connectivity index (χ3v) is 7.18. The molecule has 0 aromatic rings. The van der Waals surface area contributed by atoms with Crippen LogP contribution in [0.25, 0.3) is 0 Å². The number of rotatable bonds is 12. The zero-order valence-corrected chi connectivity index (χ0v) is 20.5. The Bertz CT molecular complexity index is 815. The molecule has 8 nitrogen and oxygen atoms in total. The molecule has 2 aliphatic heterocycles. The van der Waals surface area contributed by atoms with Gasteiger partial charge in [0.2, 0.25) is 0 Å². The van der Waals surface area contributed by atoms with E-state index in [1.54, 1.807) is 0 Å². The lowest BCUT2D eigenvalue weighted by Crippen LogP contribution is -2.31. The summed E-state index contributed by atoms with van der Waals surface area (Å²) >= 11 is 12.7. The highest BCUT2D eigenvalue weighted by molar-refractivity contribution is 8.29. The van der Waals surface area contributed by atoms with Crippen molar-refractivity contribution >= 4 is 80.4 Å². The van der Waals surface area contributed by atoms with Crippen molar-refractivity contribution in [2.24, 2.45) is 0 Å². The predicted octanol–water partition coefficient (Wildman–Crippen LogP) is 2.94. The molecule has 2 aliphatic rings. The van der Waals surface area contributed by atoms with E-state index in [-0.39, 0.29) is 72.7 Å². The van der Waals surface area contributed by atoms with Crippen LogP contribution in [0.4, 0.5) is 0 Å². The maximum Gasteiger partial charge on any atom is 0.306 e. The molecule has 12 heteroatoms. The van der Waals surface area contributed by atoms with E-state index in [1.807, 2.05) is 0 Å². The Labute approximate surface area is 205 Å². The van der Waals surface area contributed by atoms with Crippen molar-refractivity contribution in [1.82, 2.24) is 9.80 Å². The highest BCUT2D eigenvalue weighted by Gasteiger charge is 2.41. The average Bonchev–Trinajstić information content (AvgIpc) is 3.20. The fraction of sp³-hybridized carbons (Fsp3) is 0.400. The van der Waals surface area contributed by atoms with Crippen molar-refractivity contribution in [1.29, 1.82) is 0 Å². The van der Waals surface area contributed by atoms with E-state index in [1.165, 1.54) is 22.0 Å². The van der Waals surface area contributed by atoms with Gasteiger partial charge in [-0.15, -0.1) is 0 Å². The average molecular weight is 515 g/mol. The Morgan fingerprint density at radius 3 is 1.53 bits per heavy atom. The van der Waals surface area contributed by atoms with E-state index in [2.05, 4.69) is 13.2 Å². The van der Waals surface area contributed by atoms with Crippen molar-refractivity contribution in [2.75, 3.05) is 26.3 Å². The number of ether oxygens (including phenoxy) is 2. The van der Waals surface area contributed by atoms with Crippen molar-refractivity contribution < 1.29 is 28.7 Å². The maximum absolute atomic E-state index is 12.8. The second-order valence-corrected chi connectivity index (χ2v) is 9.75. The summed E-state index contributed by atoms with van der Waals surface area (Å²) in [4.78, 5) is 52.1. The molecule has 0 aromatic carbocycles. The first-order chi connectivity index (χ1) is 15.3. The topological polar surface area (TPSA) is 93.2 Å². The van der Waals surface area contributed by atoms with Gasteiger partial charge in [0.1, 0.15) is 21.9 Å². The van der Waals surface area contributed by atoms with Gasteiger partial charge in [0.05, 0.1) is 9.81 Å². The van der Waals surface area contributed by atoms with E-state index in [0.29, 0.717) is 21.5 Å². The fourth-order valence-electron chi connectivity index (χ4n) is 2.67. The molecule has 0 aliphatic carbocycles. The van der Waals surface area contributed by atoms with Crippen LogP contribution >= 0.6 is 48.0 Å². The number of carbonyl (C=O) groups is 4. The first kappa shape index (κ1) is 26.2. The fourth-order valence-corrected chi connectivity index (χ4v) is 5.44. The van der Waals surface area contributed by atoms with Crippen LogP contribution in [-0.2, 0) is 28.7 Å². The summed E-state index contributed by atoms with van der Waals surface area (Å²) in [5.41, 5.74) is 0. The Hall–Kier alpha value is -2.02. The van der Waals surface area contributed by atoms with Crippen LogP contribution < -0.4 is 0 Å². The van der Waals surface area contributed by atoms with Crippen LogP contribution in [0, 0.1) is 0 Å². The normalized spacial score (nSPS) is 18.4. The van der Waals surface area contributed by atoms with Gasteiger partial charge < -0.3 is 9.47 Å². The SMILES string of the molecule is C=CCOC(=O)CCCN1C(=O)/C(=C2\SC(=S)N(CCCC(=O)OCC=C)C2=O)SC1=S. The Morgan fingerprint density at radius 1 is 0.812 bits per heavy atom. The maximum atomic E-state index is 12.8. The van der Waals surface area contributed by atoms with E-state index in [4.69, 9.17) is 33.9 Å². The minimum absolute atomic E-state index is 0.136. The van der Waals surface area contributed by atoms with Crippen molar-refractivity contribution in [2.45, 2.75) is 25.7 Å². The molecule has 0 radical (unpaired) electrons. The number of hydrogen-bond donors (Lipinski definition) is 0. The van der Waals surface area contributed by atoms with Gasteiger partial charge in [-0.3, -0.25) is 29.0 Å². The third kappa shape index (κ3) is 6.99. The van der Waals surface area contributed by atoms with Gasteiger partial charge in [-0.1, -0.05) is 73.3 Å². The van der Waals surface area contributed by atoms with Crippen molar-refractivity contribution in [3.05, 3.63) is 35.1 Å². The molecule has 32 heavy (non-hydrogen) atoms. The molecule has 172 valence electrons. The molecular formula is C20H22N2O6S4. The van der Waals surface area contributed by atoms with Gasteiger partial charge in [0.25, 0.3) is 11.8 Å². The first-order valence-electron chi connectivity index (χ1n) is 9.64. The smallest absolute Gasteiger partial charge is 0.306 e. The number of carbonyl (C=O) groups excluding carboxylic acids is 4. The Morgan fingerprint density at radius 2 is 1.19 bits per heavy atom. The van der Waals surface area contributed by atoms with E-state index >= 15 is 0 Å². The number of thioether (sulfide) groups is 2. The molecule has 2 heterocycles. The van der Waals surface area contributed by atoms with E-state index in [9.17, 15) is 19.2 Å². The molecule has 0 atom stereocenters. The number of nitrogens with zero attached hydrogens (tertiary/aromatic N) is 2. The minimum Gasteiger partial charge on any atom is -0.461 e. The number of amides is 2. The molecule has 0 unspecified atom stereocenters. The zero-order valence-electron chi connectivity index (χ0n) is 17.2. The van der Waals surface area contributed by atoms with Gasteiger partial charge in [-0.25, -0.2) is 0 Å². The lowest BCUT2D eigenvalue weighted by molar-refractivity contribution is -0.143. The summed E-state index contributed by atoms with van der Waals surface area (Å²) in [6.07, 6.45) is 3.97. The lowest BCUT2D eigenvalue weighted by Gasteiger charge is -2.14. The molecule has 0 bridgehead atoms. The summed E-state index contributed by atoms with van der Waals surface area (Å²) < 4.78 is 10.5. The van der Waals surface area contributed by atoms with Crippen molar-refractivity contribution in [3.8, 4) is 0 Å².